The summed E-state index contributed by atoms with van der Waals surface area (Å²) in [5.74, 6) is -0.375. The van der Waals surface area contributed by atoms with E-state index in [0.29, 0.717) is 5.69 Å². The van der Waals surface area contributed by atoms with Gasteiger partial charge in [0.15, 0.2) is 0 Å². The summed E-state index contributed by atoms with van der Waals surface area (Å²) in [6, 6.07) is 7.08. The zero-order valence-electron chi connectivity index (χ0n) is 9.33. The summed E-state index contributed by atoms with van der Waals surface area (Å²) in [4.78, 5) is 13.1. The molecule has 7 heteroatoms. The van der Waals surface area contributed by atoms with Gasteiger partial charge in [0.25, 0.3) is 0 Å². The van der Waals surface area contributed by atoms with Crippen LogP contribution in [0.15, 0.2) is 24.3 Å². The van der Waals surface area contributed by atoms with Crippen LogP contribution in [0.1, 0.15) is 0 Å². The van der Waals surface area contributed by atoms with Gasteiger partial charge in [-0.1, -0.05) is 12.1 Å². The summed E-state index contributed by atoms with van der Waals surface area (Å²) >= 11 is -0.110. The smallest absolute Gasteiger partial charge is 0.374 e. The first-order chi connectivity index (χ1) is 8.47. The molecule has 1 heterocycles. The lowest BCUT2D eigenvalue weighted by molar-refractivity contribution is -0.117. The maximum Gasteiger partial charge on any atom is 0.441 e. The number of hydrogen-bond donors (Lipinski definition) is 1. The molecule has 0 saturated carbocycles. The topological polar surface area (TPSA) is 32.3 Å². The summed E-state index contributed by atoms with van der Waals surface area (Å²) in [6.07, 6.45) is 0. The molecule has 1 N–H and O–H groups in total. The summed E-state index contributed by atoms with van der Waals surface area (Å²) in [7, 11) is 0. The van der Waals surface area contributed by atoms with Crippen LogP contribution < -0.4 is 10.2 Å². The van der Waals surface area contributed by atoms with Gasteiger partial charge >= 0.3 is 5.51 Å². The van der Waals surface area contributed by atoms with Gasteiger partial charge in [0, 0.05) is 12.3 Å². The minimum absolute atomic E-state index is 0.0572. The van der Waals surface area contributed by atoms with Gasteiger partial charge < -0.3 is 10.2 Å². The number of alkyl halides is 3. The van der Waals surface area contributed by atoms with Crippen LogP contribution in [0.25, 0.3) is 0 Å². The highest BCUT2D eigenvalue weighted by atomic mass is 32.2. The summed E-state index contributed by atoms with van der Waals surface area (Å²) < 4.78 is 36.2. The molecule has 1 aliphatic heterocycles. The molecule has 98 valence electrons. The molecule has 0 saturated heterocycles. The lowest BCUT2D eigenvalue weighted by Gasteiger charge is -2.30. The van der Waals surface area contributed by atoms with Gasteiger partial charge in [-0.25, -0.2) is 0 Å². The fraction of sp³-hybridized carbons (Fsp3) is 0.364. The van der Waals surface area contributed by atoms with Crippen LogP contribution in [0.3, 0.4) is 0 Å². The Balaban J connectivity index is 2.05. The summed E-state index contributed by atoms with van der Waals surface area (Å²) in [6.45, 7) is 0.176. The van der Waals surface area contributed by atoms with Crippen molar-refractivity contribution in [3.05, 3.63) is 24.3 Å². The molecule has 0 fully saturated rings. The second-order valence-corrected chi connectivity index (χ2v) is 4.87. The maximum atomic E-state index is 12.1. The first-order valence-electron chi connectivity index (χ1n) is 5.31. The van der Waals surface area contributed by atoms with Gasteiger partial charge in [-0.3, -0.25) is 4.79 Å². The molecule has 0 radical (unpaired) electrons. The molecule has 1 aromatic rings. The van der Waals surface area contributed by atoms with Gasteiger partial charge in [0.05, 0.1) is 17.9 Å². The molecule has 18 heavy (non-hydrogen) atoms. The molecule has 0 spiro atoms. The van der Waals surface area contributed by atoms with Crippen LogP contribution in [0.2, 0.25) is 0 Å². The van der Waals surface area contributed by atoms with Crippen LogP contribution in [-0.2, 0) is 4.79 Å². The van der Waals surface area contributed by atoms with Crippen LogP contribution in [-0.4, -0.2) is 30.3 Å². The van der Waals surface area contributed by atoms with Crippen molar-refractivity contribution >= 4 is 29.0 Å². The summed E-state index contributed by atoms with van der Waals surface area (Å²) in [5.41, 5.74) is -2.85. The van der Waals surface area contributed by atoms with Gasteiger partial charge in [-0.15, -0.1) is 0 Å². The average molecular weight is 276 g/mol. The van der Waals surface area contributed by atoms with Crippen molar-refractivity contribution < 1.29 is 18.0 Å². The Morgan fingerprint density at radius 3 is 2.78 bits per heavy atom. The fourth-order valence-electron chi connectivity index (χ4n) is 1.76. The highest BCUT2D eigenvalue weighted by Gasteiger charge is 2.29. The number of nitrogens with zero attached hydrogens (tertiary/aromatic N) is 1. The number of rotatable bonds is 3. The zero-order chi connectivity index (χ0) is 13.2. The van der Waals surface area contributed by atoms with Gasteiger partial charge in [0.2, 0.25) is 5.91 Å². The number of carbonyl (C=O) groups excluding carboxylic acids is 1. The van der Waals surface area contributed by atoms with E-state index in [4.69, 9.17) is 0 Å². The van der Waals surface area contributed by atoms with E-state index in [1.807, 2.05) is 6.07 Å². The van der Waals surface area contributed by atoms with Crippen LogP contribution in [0, 0.1) is 0 Å². The molecule has 1 amide bonds. The number of carbonyl (C=O) groups is 1. The van der Waals surface area contributed by atoms with E-state index >= 15 is 0 Å². The summed E-state index contributed by atoms with van der Waals surface area (Å²) in [5, 5.41) is 2.93. The van der Waals surface area contributed by atoms with E-state index in [1.165, 1.54) is 4.90 Å². The maximum absolute atomic E-state index is 12.1. The number of thioether (sulfide) groups is 1. The largest absolute Gasteiger partial charge is 0.441 e. The molecule has 0 aromatic heterocycles. The van der Waals surface area contributed by atoms with Crippen molar-refractivity contribution in [2.24, 2.45) is 0 Å². The van der Waals surface area contributed by atoms with Crippen LogP contribution in [0.4, 0.5) is 24.5 Å². The number of fused-ring (bicyclic) bond motifs is 1. The van der Waals surface area contributed by atoms with Crippen molar-refractivity contribution in [1.29, 1.82) is 0 Å². The minimum Gasteiger partial charge on any atom is -0.374 e. The van der Waals surface area contributed by atoms with Crippen molar-refractivity contribution in [3.63, 3.8) is 0 Å². The second-order valence-electron chi connectivity index (χ2n) is 3.71. The van der Waals surface area contributed by atoms with Crippen molar-refractivity contribution in [2.75, 3.05) is 29.1 Å². The highest BCUT2D eigenvalue weighted by molar-refractivity contribution is 8.00. The molecule has 0 atom stereocenters. The molecular weight excluding hydrogens is 265 g/mol. The SMILES string of the molecule is O=C1CNc2ccccc2N1CCSC(F)(F)F. The number of para-hydroxylation sites is 2. The predicted octanol–water partition coefficient (Wildman–Crippen LogP) is 2.70. The molecule has 0 bridgehead atoms. The molecular formula is C11H11F3N2OS. The monoisotopic (exact) mass is 276 g/mol. The first kappa shape index (κ1) is 13.1. The third-order valence-electron chi connectivity index (χ3n) is 2.51. The normalized spacial score (nSPS) is 15.3. The number of nitrogens with one attached hydrogen (secondary N) is 1. The minimum atomic E-state index is -4.25. The van der Waals surface area contributed by atoms with Crippen molar-refractivity contribution in [1.82, 2.24) is 0 Å². The Labute approximate surface area is 106 Å². The van der Waals surface area contributed by atoms with E-state index in [9.17, 15) is 18.0 Å². The highest BCUT2D eigenvalue weighted by Crippen LogP contribution is 2.32. The first-order valence-corrected chi connectivity index (χ1v) is 6.30. The zero-order valence-corrected chi connectivity index (χ0v) is 10.1. The fourth-order valence-corrected chi connectivity index (χ4v) is 2.26. The van der Waals surface area contributed by atoms with E-state index in [-0.39, 0.29) is 36.5 Å². The third-order valence-corrected chi connectivity index (χ3v) is 3.22. The average Bonchev–Trinajstić information content (AvgIpc) is 2.31. The standard InChI is InChI=1S/C11H11F3N2OS/c12-11(13,14)18-6-5-16-9-4-2-1-3-8(9)15-7-10(16)17/h1-4,15H,5-7H2. The molecule has 3 nitrogen and oxygen atoms in total. The number of hydrogen-bond acceptors (Lipinski definition) is 3. The quantitative estimate of drug-likeness (QED) is 0.921. The predicted molar refractivity (Wildman–Crippen MR) is 65.8 cm³/mol. The van der Waals surface area contributed by atoms with E-state index < -0.39 is 5.51 Å². The molecule has 2 rings (SSSR count). The number of anilines is 2. The second kappa shape index (κ2) is 5.09. The van der Waals surface area contributed by atoms with E-state index in [0.717, 1.165) is 5.69 Å². The van der Waals surface area contributed by atoms with E-state index in [2.05, 4.69) is 5.32 Å². The van der Waals surface area contributed by atoms with Crippen molar-refractivity contribution in [2.45, 2.75) is 5.51 Å². The lowest BCUT2D eigenvalue weighted by Crippen LogP contribution is -2.41. The van der Waals surface area contributed by atoms with Gasteiger partial charge in [-0.2, -0.15) is 13.2 Å². The lowest BCUT2D eigenvalue weighted by atomic mass is 10.2. The number of halogens is 3. The van der Waals surface area contributed by atoms with Gasteiger partial charge in [0.1, 0.15) is 0 Å². The molecule has 0 aliphatic carbocycles. The Kier molecular flexibility index (Phi) is 3.70. The number of amides is 1. The Hall–Kier alpha value is -1.37. The van der Waals surface area contributed by atoms with Crippen LogP contribution >= 0.6 is 11.8 Å². The third kappa shape index (κ3) is 3.10. The Morgan fingerprint density at radius 1 is 1.33 bits per heavy atom. The Morgan fingerprint density at radius 2 is 2.06 bits per heavy atom. The Bertz CT molecular complexity index is 450. The van der Waals surface area contributed by atoms with Crippen LogP contribution in [0.5, 0.6) is 0 Å². The van der Waals surface area contributed by atoms with E-state index in [1.54, 1.807) is 18.2 Å². The molecule has 1 aromatic carbocycles. The van der Waals surface area contributed by atoms with Gasteiger partial charge in [-0.05, 0) is 23.9 Å². The molecule has 1 aliphatic rings. The molecule has 0 unspecified atom stereocenters. The number of benzene rings is 1. The van der Waals surface area contributed by atoms with Crippen molar-refractivity contribution in [3.8, 4) is 0 Å².